The average molecular weight is 368 g/mol. The number of carbonyl (C=O) groups excluding carboxylic acids is 1. The van der Waals surface area contributed by atoms with Gasteiger partial charge in [-0.1, -0.05) is 5.16 Å². The van der Waals surface area contributed by atoms with Crippen LogP contribution < -0.4 is 10.6 Å². The number of halogens is 3. The van der Waals surface area contributed by atoms with E-state index in [1.54, 1.807) is 6.07 Å². The number of nitrogens with one attached hydrogen (secondary N) is 2. The molecule has 2 aromatic rings. The minimum atomic E-state index is -4.47. The second-order valence-electron chi connectivity index (χ2n) is 6.96. The number of amides is 1. The first-order valence-corrected chi connectivity index (χ1v) is 8.78. The normalized spacial score (nSPS) is 21.1. The molecule has 1 saturated carbocycles. The van der Waals surface area contributed by atoms with E-state index in [4.69, 9.17) is 4.52 Å². The minimum absolute atomic E-state index is 0.0488. The Morgan fingerprint density at radius 1 is 1.31 bits per heavy atom. The summed E-state index contributed by atoms with van der Waals surface area (Å²) in [6, 6.07) is 1.60. The number of alkyl halides is 3. The van der Waals surface area contributed by atoms with Crippen LogP contribution in [0.3, 0.4) is 0 Å². The topological polar surface area (TPSA) is 80.1 Å². The van der Waals surface area contributed by atoms with Gasteiger partial charge in [0.25, 0.3) is 11.6 Å². The smallest absolute Gasteiger partial charge is 0.343 e. The zero-order valence-electron chi connectivity index (χ0n) is 14.0. The predicted octanol–water partition coefficient (Wildman–Crippen LogP) is 2.86. The van der Waals surface area contributed by atoms with Crippen LogP contribution in [0.2, 0.25) is 0 Å². The Balaban J connectivity index is 1.74. The standard InChI is InChI=1S/C17H19F3N4O2/c18-17(19,20)8-22-15(25)11-6-12(9-3-4-9)23-16-13(11)14(24-26-16)10-2-1-5-21-7-10/h6,9-10,21H,1-5,7-8H2,(H,22,25). The summed E-state index contributed by atoms with van der Waals surface area (Å²) in [5.74, 6) is -0.490. The molecule has 1 aliphatic heterocycles. The maximum atomic E-state index is 12.5. The Morgan fingerprint density at radius 3 is 2.77 bits per heavy atom. The molecule has 0 bridgehead atoms. The Labute approximate surface area is 147 Å². The molecule has 140 valence electrons. The molecule has 1 amide bonds. The fourth-order valence-electron chi connectivity index (χ4n) is 3.40. The van der Waals surface area contributed by atoms with Gasteiger partial charge >= 0.3 is 6.18 Å². The molecule has 4 rings (SSSR count). The molecule has 1 saturated heterocycles. The van der Waals surface area contributed by atoms with Crippen molar-refractivity contribution in [2.75, 3.05) is 19.6 Å². The Hall–Kier alpha value is -2.16. The number of hydrogen-bond donors (Lipinski definition) is 2. The van der Waals surface area contributed by atoms with Gasteiger partial charge in [-0.15, -0.1) is 0 Å². The fourth-order valence-corrected chi connectivity index (χ4v) is 3.40. The van der Waals surface area contributed by atoms with Crippen molar-refractivity contribution in [2.45, 2.75) is 43.7 Å². The molecule has 1 unspecified atom stereocenters. The van der Waals surface area contributed by atoms with Gasteiger partial charge in [0, 0.05) is 24.1 Å². The van der Waals surface area contributed by atoms with Gasteiger partial charge in [0.2, 0.25) is 0 Å². The highest BCUT2D eigenvalue weighted by Gasteiger charge is 2.33. The molecule has 2 N–H and O–H groups in total. The van der Waals surface area contributed by atoms with E-state index in [2.05, 4.69) is 15.5 Å². The van der Waals surface area contributed by atoms with E-state index < -0.39 is 18.6 Å². The maximum absolute atomic E-state index is 12.5. The zero-order valence-corrected chi connectivity index (χ0v) is 14.0. The number of carbonyl (C=O) groups is 1. The minimum Gasteiger partial charge on any atom is -0.343 e. The number of nitrogens with zero attached hydrogens (tertiary/aromatic N) is 2. The molecule has 1 atom stereocenters. The summed E-state index contributed by atoms with van der Waals surface area (Å²) < 4.78 is 42.9. The van der Waals surface area contributed by atoms with Crippen LogP contribution in [0.5, 0.6) is 0 Å². The van der Waals surface area contributed by atoms with Crippen molar-refractivity contribution in [2.24, 2.45) is 0 Å². The maximum Gasteiger partial charge on any atom is 0.405 e. The molecule has 0 spiro atoms. The van der Waals surface area contributed by atoms with Gasteiger partial charge in [-0.2, -0.15) is 13.2 Å². The fraction of sp³-hybridized carbons (Fsp3) is 0.588. The highest BCUT2D eigenvalue weighted by atomic mass is 19.4. The number of rotatable bonds is 4. The van der Waals surface area contributed by atoms with E-state index in [0.29, 0.717) is 23.3 Å². The SMILES string of the molecule is O=C(NCC(F)(F)F)c1cc(C2CC2)nc2onc(C3CCCNC3)c12. The third-order valence-corrected chi connectivity index (χ3v) is 4.87. The average Bonchev–Trinajstić information content (AvgIpc) is 3.38. The molecular weight excluding hydrogens is 349 g/mol. The first-order chi connectivity index (χ1) is 12.4. The van der Waals surface area contributed by atoms with Crippen LogP contribution in [-0.4, -0.2) is 41.9 Å². The van der Waals surface area contributed by atoms with Crippen molar-refractivity contribution < 1.29 is 22.5 Å². The van der Waals surface area contributed by atoms with E-state index in [1.807, 2.05) is 5.32 Å². The quantitative estimate of drug-likeness (QED) is 0.868. The van der Waals surface area contributed by atoms with Crippen molar-refractivity contribution in [3.8, 4) is 0 Å². The van der Waals surface area contributed by atoms with Gasteiger partial charge in [0.05, 0.1) is 16.6 Å². The Bertz CT molecular complexity index is 823. The molecule has 0 aromatic carbocycles. The largest absolute Gasteiger partial charge is 0.405 e. The molecule has 2 aromatic heterocycles. The Kier molecular flexibility index (Phi) is 4.34. The summed E-state index contributed by atoms with van der Waals surface area (Å²) >= 11 is 0. The molecule has 0 radical (unpaired) electrons. The second kappa shape index (κ2) is 6.53. The molecule has 2 fully saturated rings. The van der Waals surface area contributed by atoms with Crippen LogP contribution >= 0.6 is 0 Å². The molecular formula is C17H19F3N4O2. The highest BCUT2D eigenvalue weighted by Crippen LogP contribution is 2.41. The molecule has 1 aliphatic carbocycles. The van der Waals surface area contributed by atoms with E-state index in [9.17, 15) is 18.0 Å². The van der Waals surface area contributed by atoms with Crippen LogP contribution in [0, 0.1) is 0 Å². The number of pyridine rings is 1. The first-order valence-electron chi connectivity index (χ1n) is 8.78. The summed E-state index contributed by atoms with van der Waals surface area (Å²) in [4.78, 5) is 17.0. The van der Waals surface area contributed by atoms with Crippen LogP contribution in [0.1, 0.15) is 59.3 Å². The van der Waals surface area contributed by atoms with Crippen molar-refractivity contribution in [1.29, 1.82) is 0 Å². The van der Waals surface area contributed by atoms with Gasteiger partial charge in [0.15, 0.2) is 0 Å². The first kappa shape index (κ1) is 17.3. The van der Waals surface area contributed by atoms with Crippen LogP contribution in [0.4, 0.5) is 13.2 Å². The van der Waals surface area contributed by atoms with Crippen molar-refractivity contribution >= 4 is 17.0 Å². The van der Waals surface area contributed by atoms with Crippen molar-refractivity contribution in [3.63, 3.8) is 0 Å². The lowest BCUT2D eigenvalue weighted by atomic mass is 9.92. The molecule has 6 nitrogen and oxygen atoms in total. The molecule has 26 heavy (non-hydrogen) atoms. The third kappa shape index (κ3) is 3.53. The van der Waals surface area contributed by atoms with Gasteiger partial charge < -0.3 is 15.2 Å². The number of hydrogen-bond acceptors (Lipinski definition) is 5. The summed E-state index contributed by atoms with van der Waals surface area (Å²) in [7, 11) is 0. The molecule has 2 aliphatic rings. The predicted molar refractivity (Wildman–Crippen MR) is 87.0 cm³/mol. The summed E-state index contributed by atoms with van der Waals surface area (Å²) in [5.41, 5.74) is 1.67. The number of fused-ring (bicyclic) bond motifs is 1. The van der Waals surface area contributed by atoms with E-state index in [0.717, 1.165) is 32.2 Å². The van der Waals surface area contributed by atoms with Crippen molar-refractivity contribution in [3.05, 3.63) is 23.0 Å². The van der Waals surface area contributed by atoms with Crippen molar-refractivity contribution in [1.82, 2.24) is 20.8 Å². The zero-order chi connectivity index (χ0) is 18.3. The summed E-state index contributed by atoms with van der Waals surface area (Å²) in [6.45, 7) is 0.227. The highest BCUT2D eigenvalue weighted by molar-refractivity contribution is 6.06. The number of aromatic nitrogens is 2. The van der Waals surface area contributed by atoms with Crippen LogP contribution in [0.15, 0.2) is 10.6 Å². The van der Waals surface area contributed by atoms with Gasteiger partial charge in [-0.05, 0) is 38.3 Å². The summed E-state index contributed by atoms with van der Waals surface area (Å²) in [6.07, 6.45) is -0.720. The molecule has 9 heteroatoms. The number of piperidine rings is 1. The lowest BCUT2D eigenvalue weighted by Crippen LogP contribution is -2.34. The van der Waals surface area contributed by atoms with E-state index in [1.165, 1.54) is 0 Å². The van der Waals surface area contributed by atoms with Gasteiger partial charge in [-0.3, -0.25) is 4.79 Å². The summed E-state index contributed by atoms with van der Waals surface area (Å²) in [5, 5.41) is 9.78. The van der Waals surface area contributed by atoms with Crippen LogP contribution in [0.25, 0.3) is 11.1 Å². The Morgan fingerprint density at radius 2 is 2.12 bits per heavy atom. The lowest BCUT2D eigenvalue weighted by Gasteiger charge is -2.21. The third-order valence-electron chi connectivity index (χ3n) is 4.87. The second-order valence-corrected chi connectivity index (χ2v) is 6.96. The van der Waals surface area contributed by atoms with E-state index in [-0.39, 0.29) is 23.1 Å². The van der Waals surface area contributed by atoms with E-state index >= 15 is 0 Å². The molecule has 3 heterocycles. The van der Waals surface area contributed by atoms with Gasteiger partial charge in [-0.25, -0.2) is 4.98 Å². The van der Waals surface area contributed by atoms with Crippen LogP contribution in [-0.2, 0) is 0 Å². The van der Waals surface area contributed by atoms with Gasteiger partial charge in [0.1, 0.15) is 6.54 Å². The monoisotopic (exact) mass is 368 g/mol. The lowest BCUT2D eigenvalue weighted by molar-refractivity contribution is -0.123.